The smallest absolute Gasteiger partial charge is 0.186 e. The molecule has 1 aromatic heterocycles. The van der Waals surface area contributed by atoms with Crippen molar-refractivity contribution in [2.24, 2.45) is 0 Å². The molecule has 0 radical (unpaired) electrons. The summed E-state index contributed by atoms with van der Waals surface area (Å²) in [5.41, 5.74) is 1.03. The molecule has 0 bridgehead atoms. The minimum atomic E-state index is 0.547. The molecule has 4 nitrogen and oxygen atoms in total. The monoisotopic (exact) mass is 238 g/mol. The summed E-state index contributed by atoms with van der Waals surface area (Å²) < 4.78 is 5.31. The highest BCUT2D eigenvalue weighted by Gasteiger charge is 2.30. The molecule has 0 unspecified atom stereocenters. The van der Waals surface area contributed by atoms with E-state index < -0.39 is 0 Å². The third-order valence-corrected chi connectivity index (χ3v) is 4.08. The number of hydrogen-bond acceptors (Lipinski definition) is 5. The van der Waals surface area contributed by atoms with Gasteiger partial charge in [-0.15, -0.1) is 0 Å². The Bertz CT molecular complexity index is 395. The van der Waals surface area contributed by atoms with E-state index in [9.17, 15) is 4.79 Å². The fraction of sp³-hybridized carbons (Fsp3) is 0.636. The second kappa shape index (κ2) is 4.14. The Balaban J connectivity index is 1.85. The maximum atomic E-state index is 11.0. The lowest BCUT2D eigenvalue weighted by atomic mass is 10.3. The Morgan fingerprint density at radius 3 is 2.75 bits per heavy atom. The quantitative estimate of drug-likeness (QED) is 0.751. The highest BCUT2D eigenvalue weighted by Crippen LogP contribution is 2.43. The van der Waals surface area contributed by atoms with Crippen LogP contribution in [0.2, 0.25) is 0 Å². The normalized spacial score (nSPS) is 21.1. The highest BCUT2D eigenvalue weighted by atomic mass is 32.1. The van der Waals surface area contributed by atoms with Gasteiger partial charge in [0.1, 0.15) is 0 Å². The van der Waals surface area contributed by atoms with Crippen LogP contribution in [0.25, 0.3) is 0 Å². The van der Waals surface area contributed by atoms with Crippen molar-refractivity contribution < 1.29 is 9.53 Å². The lowest BCUT2D eigenvalue weighted by Crippen LogP contribution is -2.36. The molecule has 1 saturated carbocycles. The van der Waals surface area contributed by atoms with Crippen LogP contribution in [0.4, 0.5) is 5.13 Å². The van der Waals surface area contributed by atoms with Crippen LogP contribution in [0.15, 0.2) is 0 Å². The standard InChI is InChI=1S/C11H14N2O2S/c14-7-9-10(8-1-2-8)12-11(16-9)13-3-5-15-6-4-13/h7-8H,1-6H2. The van der Waals surface area contributed by atoms with Gasteiger partial charge in [-0.1, -0.05) is 11.3 Å². The van der Waals surface area contributed by atoms with Gasteiger partial charge in [-0.05, 0) is 12.8 Å². The molecule has 0 N–H and O–H groups in total. The average Bonchev–Trinajstić information content (AvgIpc) is 3.10. The van der Waals surface area contributed by atoms with E-state index in [1.54, 1.807) is 0 Å². The number of morpholine rings is 1. The number of rotatable bonds is 3. The second-order valence-corrected chi connectivity index (χ2v) is 5.25. The van der Waals surface area contributed by atoms with Gasteiger partial charge in [-0.3, -0.25) is 4.79 Å². The molecule has 2 aliphatic rings. The molecule has 0 spiro atoms. The molecule has 1 aliphatic carbocycles. The van der Waals surface area contributed by atoms with Gasteiger partial charge < -0.3 is 9.64 Å². The molecule has 1 aromatic rings. The maximum Gasteiger partial charge on any atom is 0.186 e. The van der Waals surface area contributed by atoms with E-state index in [2.05, 4.69) is 9.88 Å². The largest absolute Gasteiger partial charge is 0.378 e. The van der Waals surface area contributed by atoms with Crippen LogP contribution in [-0.2, 0) is 4.74 Å². The number of anilines is 1. The van der Waals surface area contributed by atoms with Crippen molar-refractivity contribution in [3.8, 4) is 0 Å². The number of carbonyl (C=O) groups is 1. The summed E-state index contributed by atoms with van der Waals surface area (Å²) in [5, 5.41) is 0.993. The average molecular weight is 238 g/mol. The SMILES string of the molecule is O=Cc1sc(N2CCOCC2)nc1C1CC1. The Morgan fingerprint density at radius 2 is 2.12 bits per heavy atom. The van der Waals surface area contributed by atoms with Crippen LogP contribution in [0.3, 0.4) is 0 Å². The fourth-order valence-electron chi connectivity index (χ4n) is 1.96. The van der Waals surface area contributed by atoms with Gasteiger partial charge in [-0.2, -0.15) is 0 Å². The molecule has 0 amide bonds. The minimum absolute atomic E-state index is 0.547. The minimum Gasteiger partial charge on any atom is -0.378 e. The fourth-order valence-corrected chi connectivity index (χ4v) is 2.97. The number of thiazole rings is 1. The lowest BCUT2D eigenvalue weighted by Gasteiger charge is -2.26. The first-order valence-electron chi connectivity index (χ1n) is 5.67. The van der Waals surface area contributed by atoms with Gasteiger partial charge >= 0.3 is 0 Å². The number of hydrogen-bond donors (Lipinski definition) is 0. The van der Waals surface area contributed by atoms with Crippen molar-refractivity contribution in [2.75, 3.05) is 31.2 Å². The van der Waals surface area contributed by atoms with Crippen molar-refractivity contribution in [2.45, 2.75) is 18.8 Å². The Hall–Kier alpha value is -0.940. The number of carbonyl (C=O) groups excluding carboxylic acids is 1. The third kappa shape index (κ3) is 1.85. The van der Waals surface area contributed by atoms with Gasteiger partial charge in [0, 0.05) is 19.0 Å². The summed E-state index contributed by atoms with van der Waals surface area (Å²) in [6.45, 7) is 3.29. The zero-order chi connectivity index (χ0) is 11.0. The summed E-state index contributed by atoms with van der Waals surface area (Å²) in [6.07, 6.45) is 3.33. The van der Waals surface area contributed by atoms with E-state index in [1.165, 1.54) is 24.2 Å². The Labute approximate surface area is 98.2 Å². The number of ether oxygens (including phenoxy) is 1. The van der Waals surface area contributed by atoms with E-state index in [4.69, 9.17) is 4.74 Å². The van der Waals surface area contributed by atoms with Crippen molar-refractivity contribution in [3.63, 3.8) is 0 Å². The van der Waals surface area contributed by atoms with Crippen LogP contribution in [-0.4, -0.2) is 37.6 Å². The van der Waals surface area contributed by atoms with Crippen molar-refractivity contribution in [1.82, 2.24) is 4.98 Å². The van der Waals surface area contributed by atoms with Crippen molar-refractivity contribution in [1.29, 1.82) is 0 Å². The molecule has 2 fully saturated rings. The zero-order valence-corrected chi connectivity index (χ0v) is 9.83. The molecule has 3 rings (SSSR count). The van der Waals surface area contributed by atoms with E-state index >= 15 is 0 Å². The number of aromatic nitrogens is 1. The first-order chi connectivity index (χ1) is 7.88. The molecule has 16 heavy (non-hydrogen) atoms. The molecule has 2 heterocycles. The van der Waals surface area contributed by atoms with E-state index in [1.807, 2.05) is 0 Å². The number of aldehydes is 1. The zero-order valence-electron chi connectivity index (χ0n) is 9.02. The molecule has 5 heteroatoms. The van der Waals surface area contributed by atoms with Crippen LogP contribution >= 0.6 is 11.3 Å². The predicted octanol–water partition coefficient (Wildman–Crippen LogP) is 1.67. The van der Waals surface area contributed by atoms with Crippen LogP contribution < -0.4 is 4.90 Å². The molecule has 0 aromatic carbocycles. The third-order valence-electron chi connectivity index (χ3n) is 3.02. The van der Waals surface area contributed by atoms with Crippen LogP contribution in [0.5, 0.6) is 0 Å². The van der Waals surface area contributed by atoms with E-state index in [0.717, 1.165) is 48.3 Å². The molecule has 1 saturated heterocycles. The van der Waals surface area contributed by atoms with Crippen molar-refractivity contribution >= 4 is 22.8 Å². The van der Waals surface area contributed by atoms with Crippen molar-refractivity contribution in [3.05, 3.63) is 10.6 Å². The van der Waals surface area contributed by atoms with E-state index in [-0.39, 0.29) is 0 Å². The van der Waals surface area contributed by atoms with Gasteiger partial charge in [0.05, 0.1) is 23.8 Å². The topological polar surface area (TPSA) is 42.4 Å². The highest BCUT2D eigenvalue weighted by molar-refractivity contribution is 7.17. The number of nitrogens with zero attached hydrogens (tertiary/aromatic N) is 2. The summed E-state index contributed by atoms with van der Waals surface area (Å²) in [4.78, 5) is 18.6. The second-order valence-electron chi connectivity index (χ2n) is 4.24. The predicted molar refractivity (Wildman–Crippen MR) is 62.5 cm³/mol. The maximum absolute atomic E-state index is 11.0. The van der Waals surface area contributed by atoms with Gasteiger partial charge in [0.25, 0.3) is 0 Å². The van der Waals surface area contributed by atoms with Crippen LogP contribution in [0, 0.1) is 0 Å². The van der Waals surface area contributed by atoms with Gasteiger partial charge in [0.15, 0.2) is 11.4 Å². The Morgan fingerprint density at radius 1 is 1.38 bits per heavy atom. The van der Waals surface area contributed by atoms with Gasteiger partial charge in [-0.25, -0.2) is 4.98 Å². The first kappa shape index (κ1) is 10.2. The summed E-state index contributed by atoms with van der Waals surface area (Å²) in [5.74, 6) is 0.547. The first-order valence-corrected chi connectivity index (χ1v) is 6.48. The summed E-state index contributed by atoms with van der Waals surface area (Å²) in [7, 11) is 0. The van der Waals surface area contributed by atoms with Gasteiger partial charge in [0.2, 0.25) is 0 Å². The lowest BCUT2D eigenvalue weighted by molar-refractivity contribution is 0.112. The molecular weight excluding hydrogens is 224 g/mol. The van der Waals surface area contributed by atoms with E-state index in [0.29, 0.717) is 5.92 Å². The molecule has 86 valence electrons. The summed E-state index contributed by atoms with van der Waals surface area (Å²) >= 11 is 1.53. The molecule has 1 aliphatic heterocycles. The summed E-state index contributed by atoms with van der Waals surface area (Å²) in [6, 6.07) is 0. The molecule has 0 atom stereocenters. The molecular formula is C11H14N2O2S. The van der Waals surface area contributed by atoms with Crippen LogP contribution in [0.1, 0.15) is 34.1 Å². The Kier molecular flexibility index (Phi) is 2.65.